The molecule has 1 aromatic rings. The Balaban J connectivity index is 1.82. The zero-order valence-electron chi connectivity index (χ0n) is 11.1. The van der Waals surface area contributed by atoms with Crippen molar-refractivity contribution in [2.24, 2.45) is 0 Å². The third-order valence-electron chi connectivity index (χ3n) is 4.17. The maximum absolute atomic E-state index is 3.70. The van der Waals surface area contributed by atoms with E-state index in [0.29, 0.717) is 6.04 Å². The minimum absolute atomic E-state index is 0.541. The van der Waals surface area contributed by atoms with Crippen LogP contribution >= 0.6 is 11.8 Å². The Labute approximate surface area is 114 Å². The fourth-order valence-corrected chi connectivity index (χ4v) is 3.92. The molecule has 0 radical (unpaired) electrons. The summed E-state index contributed by atoms with van der Waals surface area (Å²) in [4.78, 5) is 4.08. The summed E-state index contributed by atoms with van der Waals surface area (Å²) in [5, 5.41) is 3.70. The quantitative estimate of drug-likeness (QED) is 0.843. The van der Waals surface area contributed by atoms with E-state index in [-0.39, 0.29) is 0 Å². The summed E-state index contributed by atoms with van der Waals surface area (Å²) in [6.07, 6.45) is 6.13. The van der Waals surface area contributed by atoms with Gasteiger partial charge in [-0.25, -0.2) is 0 Å². The summed E-state index contributed by atoms with van der Waals surface area (Å²) in [5.41, 5.74) is 3.13. The molecule has 1 atom stereocenters. The lowest BCUT2D eigenvalue weighted by Gasteiger charge is -2.31. The molecule has 3 rings (SSSR count). The smallest absolute Gasteiger partial charge is 0.0452 e. The van der Waals surface area contributed by atoms with Gasteiger partial charge in [-0.2, -0.15) is 0 Å². The number of hydrogen-bond donors (Lipinski definition) is 1. The minimum atomic E-state index is 0.541. The van der Waals surface area contributed by atoms with Crippen LogP contribution in [0.25, 0.3) is 0 Å². The van der Waals surface area contributed by atoms with Gasteiger partial charge in [0.1, 0.15) is 0 Å². The molecule has 0 spiro atoms. The van der Waals surface area contributed by atoms with Crippen molar-refractivity contribution in [2.75, 3.05) is 32.4 Å². The predicted octanol–water partition coefficient (Wildman–Crippen LogP) is 2.69. The number of benzene rings is 1. The molecule has 98 valence electrons. The van der Waals surface area contributed by atoms with Crippen LogP contribution in [-0.4, -0.2) is 37.3 Å². The molecule has 2 aliphatic heterocycles. The Kier molecular flexibility index (Phi) is 3.92. The van der Waals surface area contributed by atoms with E-state index in [1.54, 1.807) is 11.1 Å². The standard InChI is InChI=1S/C15H22N2S/c1-18-15-6-4-5-12-13(15)7-8-16-14(12)11-17-9-2-3-10-17/h4-6,14,16H,2-3,7-11H2,1H3/t14-/m1/s1. The molecule has 2 heterocycles. The second-order valence-electron chi connectivity index (χ2n) is 5.29. The zero-order valence-corrected chi connectivity index (χ0v) is 11.9. The number of likely N-dealkylation sites (tertiary alicyclic amines) is 1. The summed E-state index contributed by atoms with van der Waals surface area (Å²) in [6, 6.07) is 7.34. The third kappa shape index (κ3) is 2.44. The molecule has 2 aliphatic rings. The first-order chi connectivity index (χ1) is 8.88. The van der Waals surface area contributed by atoms with E-state index in [2.05, 4.69) is 34.7 Å². The fourth-order valence-electron chi connectivity index (χ4n) is 3.24. The van der Waals surface area contributed by atoms with Crippen LogP contribution < -0.4 is 5.32 Å². The third-order valence-corrected chi connectivity index (χ3v) is 4.99. The first-order valence-electron chi connectivity index (χ1n) is 7.00. The van der Waals surface area contributed by atoms with Crippen LogP contribution in [0.4, 0.5) is 0 Å². The molecule has 3 heteroatoms. The number of fused-ring (bicyclic) bond motifs is 1. The minimum Gasteiger partial charge on any atom is -0.309 e. The zero-order chi connectivity index (χ0) is 12.4. The highest BCUT2D eigenvalue weighted by Gasteiger charge is 2.24. The number of nitrogens with zero attached hydrogens (tertiary/aromatic N) is 1. The predicted molar refractivity (Wildman–Crippen MR) is 78.3 cm³/mol. The van der Waals surface area contributed by atoms with Crippen molar-refractivity contribution in [1.29, 1.82) is 0 Å². The highest BCUT2D eigenvalue weighted by Crippen LogP contribution is 2.31. The van der Waals surface area contributed by atoms with Gasteiger partial charge in [0.25, 0.3) is 0 Å². The number of thioether (sulfide) groups is 1. The van der Waals surface area contributed by atoms with Crippen molar-refractivity contribution in [3.63, 3.8) is 0 Å². The van der Waals surface area contributed by atoms with Crippen LogP contribution in [-0.2, 0) is 6.42 Å². The largest absolute Gasteiger partial charge is 0.309 e. The lowest BCUT2D eigenvalue weighted by molar-refractivity contribution is 0.287. The molecule has 1 fully saturated rings. The van der Waals surface area contributed by atoms with Gasteiger partial charge in [-0.15, -0.1) is 11.8 Å². The van der Waals surface area contributed by atoms with Crippen LogP contribution in [0.5, 0.6) is 0 Å². The monoisotopic (exact) mass is 262 g/mol. The molecule has 0 unspecified atom stereocenters. The Morgan fingerprint density at radius 1 is 1.33 bits per heavy atom. The first kappa shape index (κ1) is 12.5. The van der Waals surface area contributed by atoms with Crippen molar-refractivity contribution < 1.29 is 0 Å². The van der Waals surface area contributed by atoms with Crippen LogP contribution in [0.1, 0.15) is 30.0 Å². The first-order valence-corrected chi connectivity index (χ1v) is 8.22. The number of nitrogens with one attached hydrogen (secondary N) is 1. The summed E-state index contributed by atoms with van der Waals surface area (Å²) in [5.74, 6) is 0. The molecule has 1 saturated heterocycles. The highest BCUT2D eigenvalue weighted by atomic mass is 32.2. The molecule has 0 amide bonds. The average Bonchev–Trinajstić information content (AvgIpc) is 2.91. The molecule has 1 N–H and O–H groups in total. The molecular weight excluding hydrogens is 240 g/mol. The normalized spacial score (nSPS) is 24.2. The van der Waals surface area contributed by atoms with Gasteiger partial charge in [0.2, 0.25) is 0 Å². The topological polar surface area (TPSA) is 15.3 Å². The van der Waals surface area contributed by atoms with Gasteiger partial charge in [0, 0.05) is 17.5 Å². The molecular formula is C15H22N2S. The van der Waals surface area contributed by atoms with Gasteiger partial charge in [0.05, 0.1) is 0 Å². The molecule has 18 heavy (non-hydrogen) atoms. The fraction of sp³-hybridized carbons (Fsp3) is 0.600. The van der Waals surface area contributed by atoms with Crippen LogP contribution in [0.2, 0.25) is 0 Å². The average molecular weight is 262 g/mol. The van der Waals surface area contributed by atoms with Gasteiger partial charge >= 0.3 is 0 Å². The SMILES string of the molecule is CSc1cccc2c1CCN[C@@H]2CN1CCCC1. The number of hydrogen-bond acceptors (Lipinski definition) is 3. The van der Waals surface area contributed by atoms with Crippen molar-refractivity contribution in [2.45, 2.75) is 30.2 Å². The molecule has 0 aliphatic carbocycles. The van der Waals surface area contributed by atoms with Crippen molar-refractivity contribution >= 4 is 11.8 Å². The van der Waals surface area contributed by atoms with Gasteiger partial charge in [0.15, 0.2) is 0 Å². The Hall–Kier alpha value is -0.510. The highest BCUT2D eigenvalue weighted by molar-refractivity contribution is 7.98. The Morgan fingerprint density at radius 3 is 2.94 bits per heavy atom. The van der Waals surface area contributed by atoms with E-state index >= 15 is 0 Å². The maximum atomic E-state index is 3.70. The lowest BCUT2D eigenvalue weighted by atomic mass is 9.94. The lowest BCUT2D eigenvalue weighted by Crippen LogP contribution is -2.38. The Morgan fingerprint density at radius 2 is 2.17 bits per heavy atom. The summed E-state index contributed by atoms with van der Waals surface area (Å²) in [7, 11) is 0. The molecule has 1 aromatic carbocycles. The van der Waals surface area contributed by atoms with Gasteiger partial charge < -0.3 is 10.2 Å². The van der Waals surface area contributed by atoms with Gasteiger partial charge in [-0.05, 0) is 62.3 Å². The van der Waals surface area contributed by atoms with E-state index < -0.39 is 0 Å². The molecule has 2 nitrogen and oxygen atoms in total. The van der Waals surface area contributed by atoms with Crippen LogP contribution in [0.3, 0.4) is 0 Å². The molecule has 0 aromatic heterocycles. The van der Waals surface area contributed by atoms with Gasteiger partial charge in [-0.1, -0.05) is 12.1 Å². The van der Waals surface area contributed by atoms with E-state index in [1.807, 2.05) is 11.8 Å². The van der Waals surface area contributed by atoms with Crippen molar-refractivity contribution in [3.8, 4) is 0 Å². The van der Waals surface area contributed by atoms with E-state index in [1.165, 1.54) is 43.8 Å². The van der Waals surface area contributed by atoms with Crippen molar-refractivity contribution in [1.82, 2.24) is 10.2 Å². The van der Waals surface area contributed by atoms with Gasteiger partial charge in [-0.3, -0.25) is 0 Å². The Bertz CT molecular complexity index is 413. The second-order valence-corrected chi connectivity index (χ2v) is 6.14. The summed E-state index contributed by atoms with van der Waals surface area (Å²) >= 11 is 1.89. The number of rotatable bonds is 3. The van der Waals surface area contributed by atoms with Crippen LogP contribution in [0, 0.1) is 0 Å². The maximum Gasteiger partial charge on any atom is 0.0452 e. The second kappa shape index (κ2) is 5.64. The summed E-state index contributed by atoms with van der Waals surface area (Å²) in [6.45, 7) is 4.89. The molecule has 0 saturated carbocycles. The summed E-state index contributed by atoms with van der Waals surface area (Å²) < 4.78 is 0. The van der Waals surface area contributed by atoms with E-state index in [9.17, 15) is 0 Å². The van der Waals surface area contributed by atoms with E-state index in [4.69, 9.17) is 0 Å². The van der Waals surface area contributed by atoms with E-state index in [0.717, 1.165) is 6.54 Å². The van der Waals surface area contributed by atoms with Crippen molar-refractivity contribution in [3.05, 3.63) is 29.3 Å². The van der Waals surface area contributed by atoms with Crippen LogP contribution in [0.15, 0.2) is 23.1 Å². The molecule has 0 bridgehead atoms.